The van der Waals surface area contributed by atoms with Crippen LogP contribution in [0.25, 0.3) is 66.8 Å². The molecule has 62 heavy (non-hydrogen) atoms. The summed E-state index contributed by atoms with van der Waals surface area (Å²) in [5.74, 6) is 0. The molecule has 0 aliphatic rings. The van der Waals surface area contributed by atoms with Crippen molar-refractivity contribution in [2.45, 2.75) is 78.7 Å². The van der Waals surface area contributed by atoms with Gasteiger partial charge >= 0.3 is 0 Å². The molecule has 0 bridgehead atoms. The van der Waals surface area contributed by atoms with Crippen LogP contribution in [-0.4, -0.2) is 0 Å². The van der Waals surface area contributed by atoms with Gasteiger partial charge in [-0.2, -0.15) is 0 Å². The van der Waals surface area contributed by atoms with Crippen LogP contribution in [0.5, 0.6) is 0 Å². The van der Waals surface area contributed by atoms with Gasteiger partial charge in [-0.25, -0.2) is 0 Å². The molecular weight excluding hydrogens is 785 g/mol. The van der Waals surface area contributed by atoms with Gasteiger partial charge in [0.25, 0.3) is 0 Å². The number of aryl methyl sites for hydroxylation is 6. The fourth-order valence-electron chi connectivity index (χ4n) is 9.19. The fraction of sp³-hybridized carbons (Fsp3) is 0.200. The molecule has 0 N–H and O–H groups in total. The van der Waals surface area contributed by atoms with Crippen LogP contribution in [0.2, 0.25) is 0 Å². The Labute approximate surface area is 379 Å². The highest BCUT2D eigenvalue weighted by molar-refractivity contribution is 8.76. The van der Waals surface area contributed by atoms with Gasteiger partial charge in [0.05, 0.1) is 0 Å². The van der Waals surface area contributed by atoms with E-state index >= 15 is 0 Å². The maximum Gasteiger partial charge on any atom is 0.0405 e. The third-order valence-corrected chi connectivity index (χ3v) is 16.2. The van der Waals surface area contributed by atoms with Gasteiger partial charge < -0.3 is 0 Å². The van der Waals surface area contributed by atoms with Gasteiger partial charge in [0.15, 0.2) is 0 Å². The van der Waals surface area contributed by atoms with Crippen LogP contribution in [0, 0.1) is 41.5 Å². The maximum absolute atomic E-state index is 2.56. The number of hydrogen-bond donors (Lipinski definition) is 0. The van der Waals surface area contributed by atoms with Gasteiger partial charge in [-0.1, -0.05) is 181 Å². The van der Waals surface area contributed by atoms with E-state index < -0.39 is 0 Å². The van der Waals surface area contributed by atoms with E-state index in [1.165, 1.54) is 111 Å². The van der Waals surface area contributed by atoms with E-state index in [2.05, 4.69) is 247 Å². The summed E-state index contributed by atoms with van der Waals surface area (Å²) >= 11 is 0. The first-order valence-corrected chi connectivity index (χ1v) is 24.5. The van der Waals surface area contributed by atoms with E-state index in [-0.39, 0.29) is 10.5 Å². The highest BCUT2D eigenvalue weighted by Gasteiger charge is 2.26. The minimum Gasteiger partial charge on any atom is -0.0853 e. The molecule has 0 aliphatic carbocycles. The van der Waals surface area contributed by atoms with E-state index in [1.807, 2.05) is 0 Å². The van der Waals surface area contributed by atoms with Crippen molar-refractivity contribution >= 4 is 21.6 Å². The molecule has 0 saturated heterocycles. The molecule has 310 valence electrons. The van der Waals surface area contributed by atoms with Gasteiger partial charge in [-0.05, 0) is 190 Å². The van der Waals surface area contributed by atoms with Gasteiger partial charge in [0, 0.05) is 10.5 Å². The second kappa shape index (κ2) is 19.2. The molecule has 0 radical (unpaired) electrons. The molecule has 0 aliphatic heterocycles. The lowest BCUT2D eigenvalue weighted by molar-refractivity contribution is 0.895. The van der Waals surface area contributed by atoms with Crippen LogP contribution in [0.4, 0.5) is 0 Å². The van der Waals surface area contributed by atoms with Crippen molar-refractivity contribution in [2.24, 2.45) is 0 Å². The molecule has 0 amide bonds. The molecule has 0 heterocycles. The molecule has 2 atom stereocenters. The van der Waals surface area contributed by atoms with Gasteiger partial charge in [0.1, 0.15) is 0 Å². The van der Waals surface area contributed by atoms with Crippen molar-refractivity contribution in [3.05, 3.63) is 214 Å². The molecule has 8 aromatic rings. The minimum atomic E-state index is 0.251. The third-order valence-electron chi connectivity index (χ3n) is 12.7. The van der Waals surface area contributed by atoms with Crippen molar-refractivity contribution < 1.29 is 0 Å². The highest BCUT2D eigenvalue weighted by atomic mass is 33.1. The zero-order valence-electron chi connectivity index (χ0n) is 37.6. The second-order valence-corrected chi connectivity index (χ2v) is 19.5. The van der Waals surface area contributed by atoms with Gasteiger partial charge in [-0.15, -0.1) is 0 Å². The Morgan fingerprint density at radius 2 is 0.484 bits per heavy atom. The van der Waals surface area contributed by atoms with E-state index in [9.17, 15) is 0 Å². The summed E-state index contributed by atoms with van der Waals surface area (Å²) in [7, 11) is 4.12. The molecule has 0 aromatic heterocycles. The Morgan fingerprint density at radius 3 is 0.710 bits per heavy atom. The van der Waals surface area contributed by atoms with Crippen LogP contribution in [0.15, 0.2) is 170 Å². The SMILES string of the molecule is CC[C@@H](SS[C@H](CC)c1cc(-c2ccccc2C)c(-c2ccccc2C)cc1-c1ccccc1C)c1cc(-c2ccccc2C)c(-c2ccccc2C)cc1-c1ccccc1C. The second-order valence-electron chi connectivity index (χ2n) is 16.8. The topological polar surface area (TPSA) is 0 Å². The standard InChI is InChI=1S/C60H58S2/c1-9-59(57-37-53(47-31-19-13-25-41(47)5)51(45-29-17-11-23-39(45)3)35-55(57)49-33-21-15-27-43(49)7)61-62-60(10-2)58-38-54(48-32-20-14-26-42(48)6)52(46-30-18-12-24-40(46)4)36-56(58)50-34-22-16-28-44(50)8/h11-38,59-60H,9-10H2,1-8H3/t59-,60-/m1/s1. The number of hydrogen-bond acceptors (Lipinski definition) is 2. The molecular formula is C60H58S2. The van der Waals surface area contributed by atoms with Crippen molar-refractivity contribution in [1.29, 1.82) is 0 Å². The first-order valence-electron chi connectivity index (χ1n) is 22.2. The van der Waals surface area contributed by atoms with Gasteiger partial charge in [-0.3, -0.25) is 0 Å². The molecule has 0 fully saturated rings. The monoisotopic (exact) mass is 842 g/mol. The molecule has 0 unspecified atom stereocenters. The smallest absolute Gasteiger partial charge is 0.0405 e. The lowest BCUT2D eigenvalue weighted by Gasteiger charge is -2.27. The number of benzene rings is 8. The predicted molar refractivity (Wildman–Crippen MR) is 275 cm³/mol. The van der Waals surface area contributed by atoms with Gasteiger partial charge in [0.2, 0.25) is 0 Å². The van der Waals surface area contributed by atoms with E-state index in [1.54, 1.807) is 0 Å². The highest BCUT2D eigenvalue weighted by Crippen LogP contribution is 2.55. The zero-order valence-corrected chi connectivity index (χ0v) is 39.2. The fourth-order valence-corrected chi connectivity index (χ4v) is 12.6. The Bertz CT molecular complexity index is 2670. The minimum absolute atomic E-state index is 0.251. The molecule has 8 aromatic carbocycles. The summed E-state index contributed by atoms with van der Waals surface area (Å²) < 4.78 is 0. The van der Waals surface area contributed by atoms with Crippen LogP contribution in [0.3, 0.4) is 0 Å². The molecule has 2 heteroatoms. The van der Waals surface area contributed by atoms with Crippen LogP contribution >= 0.6 is 21.6 Å². The summed E-state index contributed by atoms with van der Waals surface area (Å²) in [6.45, 7) is 18.3. The van der Waals surface area contributed by atoms with Crippen molar-refractivity contribution in [2.75, 3.05) is 0 Å². The maximum atomic E-state index is 2.56. The molecule has 0 saturated carbocycles. The summed E-state index contributed by atoms with van der Waals surface area (Å²) in [6, 6.07) is 63.6. The zero-order chi connectivity index (χ0) is 43.3. The molecule has 0 nitrogen and oxygen atoms in total. The van der Waals surface area contributed by atoms with E-state index in [0.717, 1.165) is 12.8 Å². The normalized spacial score (nSPS) is 12.3. The van der Waals surface area contributed by atoms with Crippen LogP contribution in [0.1, 0.15) is 81.7 Å². The summed E-state index contributed by atoms with van der Waals surface area (Å²) in [6.07, 6.45) is 2.02. The predicted octanol–water partition coefficient (Wildman–Crippen LogP) is 18.5. The quantitative estimate of drug-likeness (QED) is 0.106. The molecule has 8 rings (SSSR count). The Hall–Kier alpha value is -5.54. The summed E-state index contributed by atoms with van der Waals surface area (Å²) in [5.41, 5.74) is 26.2. The van der Waals surface area contributed by atoms with Crippen molar-refractivity contribution in [3.8, 4) is 66.8 Å². The third kappa shape index (κ3) is 8.74. The Morgan fingerprint density at radius 1 is 0.274 bits per heavy atom. The first-order chi connectivity index (χ1) is 30.2. The Balaban J connectivity index is 1.30. The van der Waals surface area contributed by atoms with E-state index in [4.69, 9.17) is 0 Å². The lowest BCUT2D eigenvalue weighted by atomic mass is 9.83. The van der Waals surface area contributed by atoms with Crippen molar-refractivity contribution in [1.82, 2.24) is 0 Å². The average molecular weight is 843 g/mol. The largest absolute Gasteiger partial charge is 0.0853 e. The first kappa shape index (κ1) is 43.1. The molecule has 0 spiro atoms. The number of rotatable bonds is 13. The average Bonchev–Trinajstić information content (AvgIpc) is 3.29. The summed E-state index contributed by atoms with van der Waals surface area (Å²) in [4.78, 5) is 0. The lowest BCUT2D eigenvalue weighted by Crippen LogP contribution is -2.03. The van der Waals surface area contributed by atoms with E-state index in [0.29, 0.717) is 0 Å². The summed E-state index contributed by atoms with van der Waals surface area (Å²) in [5, 5.41) is 0.502. The van der Waals surface area contributed by atoms with Crippen LogP contribution < -0.4 is 0 Å². The van der Waals surface area contributed by atoms with Crippen molar-refractivity contribution in [3.63, 3.8) is 0 Å². The Kier molecular flexibility index (Phi) is 13.4. The van der Waals surface area contributed by atoms with Crippen LogP contribution in [-0.2, 0) is 0 Å².